The molecule has 3 aromatic rings. The zero-order valence-corrected chi connectivity index (χ0v) is 13.0. The molecule has 0 aromatic carbocycles. The number of aromatic nitrogens is 1. The molecule has 3 aromatic heterocycles. The van der Waals surface area contributed by atoms with Gasteiger partial charge < -0.3 is 9.52 Å². The number of thiophene rings is 1. The van der Waals surface area contributed by atoms with Crippen molar-refractivity contribution in [2.45, 2.75) is 32.6 Å². The molecule has 0 fully saturated rings. The van der Waals surface area contributed by atoms with Crippen LogP contribution in [0, 0.1) is 6.92 Å². The lowest BCUT2D eigenvalue weighted by Gasteiger charge is -2.11. The Morgan fingerprint density at radius 2 is 2.32 bits per heavy atom. The lowest BCUT2D eigenvalue weighted by molar-refractivity contribution is -0.136. The van der Waals surface area contributed by atoms with E-state index in [1.165, 1.54) is 10.4 Å². The fourth-order valence-electron chi connectivity index (χ4n) is 3.34. The third-order valence-electron chi connectivity index (χ3n) is 4.26. The number of carboxylic acid groups (broad SMARTS) is 1. The fourth-order valence-corrected chi connectivity index (χ4v) is 4.66. The van der Waals surface area contributed by atoms with Gasteiger partial charge in [-0.15, -0.1) is 11.3 Å². The van der Waals surface area contributed by atoms with Crippen LogP contribution in [0.1, 0.15) is 28.1 Å². The number of fused-ring (bicyclic) bond motifs is 3. The molecule has 1 aliphatic rings. The molecule has 0 bridgehead atoms. The molecule has 112 valence electrons. The molecule has 0 saturated heterocycles. The van der Waals surface area contributed by atoms with E-state index >= 15 is 0 Å². The molecule has 0 amide bonds. The Hall–Kier alpha value is -2.14. The van der Waals surface area contributed by atoms with E-state index in [0.29, 0.717) is 0 Å². The lowest BCUT2D eigenvalue weighted by atomic mass is 9.96. The smallest absolute Gasteiger partial charge is 0.307 e. The molecule has 0 spiro atoms. The minimum Gasteiger partial charge on any atom is -0.481 e. The number of aryl methyl sites for hydroxylation is 3. The van der Waals surface area contributed by atoms with Crippen molar-refractivity contribution in [2.24, 2.45) is 0 Å². The number of aliphatic carboxylic acids is 1. The van der Waals surface area contributed by atoms with Gasteiger partial charge in [-0.2, -0.15) is 0 Å². The minimum atomic E-state index is -0.844. The molecule has 0 aliphatic heterocycles. The minimum absolute atomic E-state index is 0.0323. The van der Waals surface area contributed by atoms with Gasteiger partial charge in [0, 0.05) is 21.5 Å². The van der Waals surface area contributed by atoms with Crippen molar-refractivity contribution >= 4 is 27.5 Å². The first-order valence-electron chi connectivity index (χ1n) is 7.34. The third kappa shape index (κ3) is 1.96. The van der Waals surface area contributed by atoms with E-state index in [9.17, 15) is 9.90 Å². The van der Waals surface area contributed by atoms with Crippen LogP contribution in [0.4, 0.5) is 0 Å². The molecule has 4 nitrogen and oxygen atoms in total. The number of carbonyl (C=O) groups is 1. The molecule has 0 radical (unpaired) electrons. The van der Waals surface area contributed by atoms with E-state index in [1.54, 1.807) is 17.6 Å². The topological polar surface area (TPSA) is 63.3 Å². The van der Waals surface area contributed by atoms with Gasteiger partial charge in [-0.1, -0.05) is 0 Å². The predicted octanol–water partition coefficient (Wildman–Crippen LogP) is 3.98. The number of furan rings is 1. The quantitative estimate of drug-likeness (QED) is 0.794. The summed E-state index contributed by atoms with van der Waals surface area (Å²) >= 11 is 1.74. The first kappa shape index (κ1) is 13.5. The van der Waals surface area contributed by atoms with E-state index in [-0.39, 0.29) is 6.42 Å². The van der Waals surface area contributed by atoms with E-state index in [0.717, 1.165) is 52.1 Å². The number of carboxylic acids is 1. The Morgan fingerprint density at radius 1 is 1.45 bits per heavy atom. The first-order valence-corrected chi connectivity index (χ1v) is 8.16. The molecule has 3 heterocycles. The number of nitrogens with zero attached hydrogens (tertiary/aromatic N) is 1. The molecule has 1 aliphatic carbocycles. The largest absolute Gasteiger partial charge is 0.481 e. The first-order chi connectivity index (χ1) is 10.6. The normalized spacial score (nSPS) is 13.7. The summed E-state index contributed by atoms with van der Waals surface area (Å²) in [4.78, 5) is 18.4. The zero-order chi connectivity index (χ0) is 15.3. The standard InChI is InChI=1S/C17H15NO3S/c1-9-11(8-14(19)20)15(12-5-3-7-21-12)16-10-4-2-6-13(10)22-17(16)18-9/h3,5,7H,2,4,6,8H2,1H3,(H,19,20). The summed E-state index contributed by atoms with van der Waals surface area (Å²) in [7, 11) is 0. The average Bonchev–Trinajstić information content (AvgIpc) is 3.15. The number of hydrogen-bond acceptors (Lipinski definition) is 4. The van der Waals surface area contributed by atoms with E-state index in [4.69, 9.17) is 4.42 Å². The molecular formula is C17H15NO3S. The summed E-state index contributed by atoms with van der Waals surface area (Å²) in [6, 6.07) is 3.74. The number of rotatable bonds is 3. The van der Waals surface area contributed by atoms with Crippen LogP contribution in [0.15, 0.2) is 22.8 Å². The summed E-state index contributed by atoms with van der Waals surface area (Å²) in [5.41, 5.74) is 3.81. The van der Waals surface area contributed by atoms with E-state index in [2.05, 4.69) is 4.98 Å². The maximum atomic E-state index is 11.3. The highest BCUT2D eigenvalue weighted by Crippen LogP contribution is 2.43. The van der Waals surface area contributed by atoms with Gasteiger partial charge in [-0.3, -0.25) is 4.79 Å². The van der Waals surface area contributed by atoms with Crippen LogP contribution >= 0.6 is 11.3 Å². The lowest BCUT2D eigenvalue weighted by Crippen LogP contribution is -2.06. The van der Waals surface area contributed by atoms with Crippen LogP contribution < -0.4 is 0 Å². The Bertz CT molecular complexity index is 877. The summed E-state index contributed by atoms with van der Waals surface area (Å²) in [6.45, 7) is 1.88. The molecule has 4 rings (SSSR count). The van der Waals surface area contributed by atoms with Crippen LogP contribution in [0.25, 0.3) is 21.5 Å². The van der Waals surface area contributed by atoms with Crippen molar-refractivity contribution in [2.75, 3.05) is 0 Å². The second kappa shape index (κ2) is 4.95. The van der Waals surface area contributed by atoms with Gasteiger partial charge in [-0.25, -0.2) is 4.98 Å². The van der Waals surface area contributed by atoms with Crippen molar-refractivity contribution in [1.82, 2.24) is 4.98 Å². The van der Waals surface area contributed by atoms with Gasteiger partial charge in [0.15, 0.2) is 0 Å². The van der Waals surface area contributed by atoms with Crippen LogP contribution in [0.2, 0.25) is 0 Å². The molecule has 1 N–H and O–H groups in total. The van der Waals surface area contributed by atoms with Crippen molar-refractivity contribution < 1.29 is 14.3 Å². The second-order valence-electron chi connectivity index (χ2n) is 5.64. The summed E-state index contributed by atoms with van der Waals surface area (Å²) in [5.74, 6) is -0.108. The molecule has 0 unspecified atom stereocenters. The Balaban J connectivity index is 2.11. The molecule has 0 saturated carbocycles. The average molecular weight is 313 g/mol. The van der Waals surface area contributed by atoms with Gasteiger partial charge in [0.25, 0.3) is 0 Å². The maximum absolute atomic E-state index is 11.3. The number of pyridine rings is 1. The third-order valence-corrected chi connectivity index (χ3v) is 5.44. The van der Waals surface area contributed by atoms with Gasteiger partial charge >= 0.3 is 5.97 Å². The Labute approximate surface area is 131 Å². The fraction of sp³-hybridized carbons (Fsp3) is 0.294. The predicted molar refractivity (Wildman–Crippen MR) is 85.4 cm³/mol. The zero-order valence-electron chi connectivity index (χ0n) is 12.2. The monoisotopic (exact) mass is 313 g/mol. The Kier molecular flexibility index (Phi) is 3.04. The van der Waals surface area contributed by atoms with Crippen LogP contribution in [0.3, 0.4) is 0 Å². The van der Waals surface area contributed by atoms with E-state index in [1.807, 2.05) is 19.1 Å². The van der Waals surface area contributed by atoms with E-state index < -0.39 is 5.97 Å². The van der Waals surface area contributed by atoms with Crippen LogP contribution in [-0.4, -0.2) is 16.1 Å². The summed E-state index contributed by atoms with van der Waals surface area (Å²) < 4.78 is 5.62. The summed E-state index contributed by atoms with van der Waals surface area (Å²) in [6.07, 6.45) is 4.90. The molecule has 5 heteroatoms. The van der Waals surface area contributed by atoms with Crippen molar-refractivity contribution in [1.29, 1.82) is 0 Å². The maximum Gasteiger partial charge on any atom is 0.307 e. The highest BCUT2D eigenvalue weighted by Gasteiger charge is 2.26. The highest BCUT2D eigenvalue weighted by atomic mass is 32.1. The van der Waals surface area contributed by atoms with Crippen LogP contribution in [-0.2, 0) is 24.1 Å². The van der Waals surface area contributed by atoms with Gasteiger partial charge in [-0.05, 0) is 49.4 Å². The highest BCUT2D eigenvalue weighted by molar-refractivity contribution is 7.19. The molecule has 22 heavy (non-hydrogen) atoms. The number of hydrogen-bond donors (Lipinski definition) is 1. The van der Waals surface area contributed by atoms with Crippen molar-refractivity contribution in [3.05, 3.63) is 40.1 Å². The molecular weight excluding hydrogens is 298 g/mol. The van der Waals surface area contributed by atoms with Crippen molar-refractivity contribution in [3.63, 3.8) is 0 Å². The second-order valence-corrected chi connectivity index (χ2v) is 6.72. The van der Waals surface area contributed by atoms with Crippen LogP contribution in [0.5, 0.6) is 0 Å². The molecule has 0 atom stereocenters. The van der Waals surface area contributed by atoms with Gasteiger partial charge in [0.1, 0.15) is 10.6 Å². The van der Waals surface area contributed by atoms with Gasteiger partial charge in [0.05, 0.1) is 12.7 Å². The summed E-state index contributed by atoms with van der Waals surface area (Å²) in [5, 5.41) is 10.4. The van der Waals surface area contributed by atoms with Gasteiger partial charge in [0.2, 0.25) is 0 Å². The Morgan fingerprint density at radius 3 is 3.05 bits per heavy atom. The van der Waals surface area contributed by atoms with Crippen molar-refractivity contribution in [3.8, 4) is 11.3 Å². The SMILES string of the molecule is Cc1nc2sc3c(c2c(-c2ccco2)c1CC(=O)O)CCC3.